The van der Waals surface area contributed by atoms with E-state index in [9.17, 15) is 4.79 Å². The number of carbonyl (C=O) groups excluding carboxylic acids is 1. The summed E-state index contributed by atoms with van der Waals surface area (Å²) in [5, 5.41) is 3.30. The number of nitrogens with one attached hydrogen (secondary N) is 1. The van der Waals surface area contributed by atoms with Gasteiger partial charge in [-0.05, 0) is 56.9 Å². The van der Waals surface area contributed by atoms with Crippen molar-refractivity contribution in [2.75, 3.05) is 31.9 Å². The Hall–Kier alpha value is -1.26. The molecule has 5 heteroatoms. The predicted octanol–water partition coefficient (Wildman–Crippen LogP) is 2.77. The molecule has 21 heavy (non-hydrogen) atoms. The van der Waals surface area contributed by atoms with Gasteiger partial charge < -0.3 is 16.0 Å². The van der Waals surface area contributed by atoms with Crippen molar-refractivity contribution < 1.29 is 4.79 Å². The van der Waals surface area contributed by atoms with Gasteiger partial charge in [-0.2, -0.15) is 0 Å². The Morgan fingerprint density at radius 1 is 1.43 bits per heavy atom. The molecule has 0 atom stereocenters. The number of piperidine rings is 1. The molecule has 1 aliphatic rings. The highest BCUT2D eigenvalue weighted by Gasteiger charge is 2.16. The molecule has 1 aromatic carbocycles. The van der Waals surface area contributed by atoms with E-state index in [4.69, 9.17) is 17.3 Å². The molecule has 1 fully saturated rings. The van der Waals surface area contributed by atoms with Crippen LogP contribution in [-0.2, 0) is 0 Å². The zero-order valence-corrected chi connectivity index (χ0v) is 13.3. The number of likely N-dealkylation sites (tertiary alicyclic amines) is 1. The van der Waals surface area contributed by atoms with Crippen LogP contribution < -0.4 is 11.1 Å². The van der Waals surface area contributed by atoms with Crippen LogP contribution in [0.25, 0.3) is 0 Å². The largest absolute Gasteiger partial charge is 0.398 e. The number of hydrogen-bond acceptors (Lipinski definition) is 3. The fourth-order valence-electron chi connectivity index (χ4n) is 2.66. The first-order valence-electron chi connectivity index (χ1n) is 7.62. The molecular formula is C16H24ClN3O. The van der Waals surface area contributed by atoms with Crippen LogP contribution in [0.1, 0.15) is 36.5 Å². The molecule has 1 amide bonds. The van der Waals surface area contributed by atoms with Crippen LogP contribution in [0.3, 0.4) is 0 Å². The fourth-order valence-corrected chi connectivity index (χ4v) is 2.93. The van der Waals surface area contributed by atoms with E-state index in [0.29, 0.717) is 22.8 Å². The summed E-state index contributed by atoms with van der Waals surface area (Å²) in [5.41, 5.74) is 6.60. The Bertz CT molecular complexity index is 464. The SMILES string of the molecule is CC1CCN(CCCNC(=O)c2c(N)cccc2Cl)CC1. The fraction of sp³-hybridized carbons (Fsp3) is 0.562. The summed E-state index contributed by atoms with van der Waals surface area (Å²) >= 11 is 6.02. The second-order valence-electron chi connectivity index (χ2n) is 5.84. The van der Waals surface area contributed by atoms with Gasteiger partial charge in [0.2, 0.25) is 0 Å². The van der Waals surface area contributed by atoms with Gasteiger partial charge >= 0.3 is 0 Å². The van der Waals surface area contributed by atoms with E-state index in [1.54, 1.807) is 18.2 Å². The third-order valence-corrected chi connectivity index (χ3v) is 4.40. The van der Waals surface area contributed by atoms with Crippen molar-refractivity contribution in [2.45, 2.75) is 26.2 Å². The van der Waals surface area contributed by atoms with E-state index in [1.165, 1.54) is 25.9 Å². The molecule has 1 saturated heterocycles. The number of carbonyl (C=O) groups is 1. The average molecular weight is 310 g/mol. The molecule has 0 saturated carbocycles. The number of hydrogen-bond donors (Lipinski definition) is 2. The number of benzene rings is 1. The zero-order chi connectivity index (χ0) is 15.2. The van der Waals surface area contributed by atoms with Gasteiger partial charge in [0.1, 0.15) is 0 Å². The average Bonchev–Trinajstić information content (AvgIpc) is 2.45. The molecule has 0 aromatic heterocycles. The lowest BCUT2D eigenvalue weighted by atomic mass is 9.99. The highest BCUT2D eigenvalue weighted by atomic mass is 35.5. The Labute approximate surface area is 131 Å². The van der Waals surface area contributed by atoms with Crippen LogP contribution >= 0.6 is 11.6 Å². The van der Waals surface area contributed by atoms with Crippen molar-refractivity contribution in [1.29, 1.82) is 0 Å². The molecule has 0 aliphatic carbocycles. The second-order valence-corrected chi connectivity index (χ2v) is 6.24. The van der Waals surface area contributed by atoms with Gasteiger partial charge in [0.25, 0.3) is 5.91 Å². The van der Waals surface area contributed by atoms with Crippen LogP contribution in [0.15, 0.2) is 18.2 Å². The molecule has 2 rings (SSSR count). The zero-order valence-electron chi connectivity index (χ0n) is 12.6. The molecule has 0 radical (unpaired) electrons. The number of anilines is 1. The molecule has 116 valence electrons. The predicted molar refractivity (Wildman–Crippen MR) is 87.7 cm³/mol. The Kier molecular flexibility index (Phi) is 5.88. The van der Waals surface area contributed by atoms with Gasteiger partial charge in [0, 0.05) is 12.2 Å². The van der Waals surface area contributed by atoms with Gasteiger partial charge in [-0.15, -0.1) is 0 Å². The van der Waals surface area contributed by atoms with Gasteiger partial charge in [-0.1, -0.05) is 24.6 Å². The monoisotopic (exact) mass is 309 g/mol. The molecule has 1 aromatic rings. The molecule has 3 N–H and O–H groups in total. The van der Waals surface area contributed by atoms with Crippen LogP contribution in [0.4, 0.5) is 5.69 Å². The second kappa shape index (κ2) is 7.66. The van der Waals surface area contributed by atoms with E-state index in [-0.39, 0.29) is 5.91 Å². The Balaban J connectivity index is 1.72. The maximum Gasteiger partial charge on any atom is 0.254 e. The Morgan fingerprint density at radius 2 is 2.14 bits per heavy atom. The van der Waals surface area contributed by atoms with Crippen LogP contribution in [0.2, 0.25) is 5.02 Å². The van der Waals surface area contributed by atoms with Gasteiger partial charge in [-0.3, -0.25) is 4.79 Å². The normalized spacial score (nSPS) is 16.9. The number of nitrogen functional groups attached to an aromatic ring is 1. The highest BCUT2D eigenvalue weighted by molar-refractivity contribution is 6.34. The number of rotatable bonds is 5. The first-order valence-corrected chi connectivity index (χ1v) is 8.00. The van der Waals surface area contributed by atoms with Gasteiger partial charge in [-0.25, -0.2) is 0 Å². The van der Waals surface area contributed by atoms with Crippen LogP contribution in [-0.4, -0.2) is 37.0 Å². The maximum absolute atomic E-state index is 12.1. The summed E-state index contributed by atoms with van der Waals surface area (Å²) in [5.74, 6) is 0.662. The van der Waals surface area contributed by atoms with Crippen molar-refractivity contribution in [3.05, 3.63) is 28.8 Å². The first kappa shape index (κ1) is 16.1. The quantitative estimate of drug-likeness (QED) is 0.649. The summed E-state index contributed by atoms with van der Waals surface area (Å²) in [4.78, 5) is 14.6. The summed E-state index contributed by atoms with van der Waals surface area (Å²) < 4.78 is 0. The minimum Gasteiger partial charge on any atom is -0.398 e. The molecule has 4 nitrogen and oxygen atoms in total. The van der Waals surface area contributed by atoms with Crippen molar-refractivity contribution in [3.8, 4) is 0 Å². The minimum atomic E-state index is -0.189. The third kappa shape index (κ3) is 4.61. The Morgan fingerprint density at radius 3 is 2.81 bits per heavy atom. The van der Waals surface area contributed by atoms with Crippen LogP contribution in [0.5, 0.6) is 0 Å². The standard InChI is InChI=1S/C16H24ClN3O/c1-12-6-10-20(11-7-12)9-3-8-19-16(21)15-13(17)4-2-5-14(15)18/h2,4-5,12H,3,6-11,18H2,1H3,(H,19,21). The van der Waals surface area contributed by atoms with Gasteiger partial charge in [0.15, 0.2) is 0 Å². The van der Waals surface area contributed by atoms with Gasteiger partial charge in [0.05, 0.1) is 10.6 Å². The van der Waals surface area contributed by atoms with E-state index in [1.807, 2.05) is 0 Å². The molecule has 0 bridgehead atoms. The number of nitrogens with two attached hydrogens (primary N) is 1. The van der Waals surface area contributed by atoms with Crippen molar-refractivity contribution in [3.63, 3.8) is 0 Å². The van der Waals surface area contributed by atoms with E-state index in [0.717, 1.165) is 18.9 Å². The van der Waals surface area contributed by atoms with E-state index in [2.05, 4.69) is 17.1 Å². The minimum absolute atomic E-state index is 0.189. The van der Waals surface area contributed by atoms with E-state index < -0.39 is 0 Å². The summed E-state index contributed by atoms with van der Waals surface area (Å²) in [7, 11) is 0. The summed E-state index contributed by atoms with van der Waals surface area (Å²) in [6.07, 6.45) is 3.51. The molecule has 0 spiro atoms. The molecule has 1 aliphatic heterocycles. The number of amides is 1. The van der Waals surface area contributed by atoms with Crippen LogP contribution in [0, 0.1) is 5.92 Å². The summed E-state index contributed by atoms with van der Waals surface area (Å²) in [6.45, 7) is 6.34. The van der Waals surface area contributed by atoms with E-state index >= 15 is 0 Å². The van der Waals surface area contributed by atoms with Crippen molar-refractivity contribution in [2.24, 2.45) is 5.92 Å². The van der Waals surface area contributed by atoms with Crippen molar-refractivity contribution in [1.82, 2.24) is 10.2 Å². The smallest absolute Gasteiger partial charge is 0.254 e. The first-order chi connectivity index (χ1) is 10.1. The maximum atomic E-state index is 12.1. The lowest BCUT2D eigenvalue weighted by Gasteiger charge is -2.30. The molecule has 1 heterocycles. The number of halogens is 1. The molecule has 0 unspecified atom stereocenters. The third-order valence-electron chi connectivity index (χ3n) is 4.09. The lowest BCUT2D eigenvalue weighted by molar-refractivity contribution is 0.0951. The number of nitrogens with zero attached hydrogens (tertiary/aromatic N) is 1. The summed E-state index contributed by atoms with van der Waals surface area (Å²) in [6, 6.07) is 5.11. The lowest BCUT2D eigenvalue weighted by Crippen LogP contribution is -2.35. The molecular weight excluding hydrogens is 286 g/mol. The topological polar surface area (TPSA) is 58.4 Å². The highest BCUT2D eigenvalue weighted by Crippen LogP contribution is 2.21. The van der Waals surface area contributed by atoms with Crippen molar-refractivity contribution >= 4 is 23.2 Å².